The SMILES string of the molecule is CCCCCCCCCCCCCCCCCCCCCCCCC(=O)O[C@H](COC(=O)CCCCCCCCCCCCCC(C)C)COP(=O)(O)OC[C@@H](O)COP(=O)(O)OC[C@@H](COC(=O)CCCCCCCCCC(C)C)OC(=O)CCCCCCCCCCCCCCCC. The highest BCUT2D eigenvalue weighted by atomic mass is 31.2. The minimum Gasteiger partial charge on any atom is -0.462 e. The Morgan fingerprint density at radius 1 is 0.270 bits per heavy atom. The number of phosphoric ester groups is 2. The summed E-state index contributed by atoms with van der Waals surface area (Å²) < 4.78 is 68.7. The summed E-state index contributed by atoms with van der Waals surface area (Å²) in [6, 6.07) is 0. The Kier molecular flexibility index (Phi) is 71.2. The van der Waals surface area contributed by atoms with Gasteiger partial charge >= 0.3 is 39.5 Å². The van der Waals surface area contributed by atoms with Crippen LogP contribution in [0.25, 0.3) is 0 Å². The van der Waals surface area contributed by atoms with Gasteiger partial charge in [0, 0.05) is 25.7 Å². The lowest BCUT2D eigenvalue weighted by Gasteiger charge is -2.21. The van der Waals surface area contributed by atoms with Crippen LogP contribution in [0, 0.1) is 11.8 Å². The zero-order chi connectivity index (χ0) is 73.5. The van der Waals surface area contributed by atoms with Crippen molar-refractivity contribution in [3.05, 3.63) is 0 Å². The summed E-state index contributed by atoms with van der Waals surface area (Å²) in [4.78, 5) is 73.0. The molecule has 5 atom stereocenters. The normalized spacial score (nSPS) is 13.9. The molecule has 0 aliphatic rings. The lowest BCUT2D eigenvalue weighted by atomic mass is 10.0. The number of carbonyl (C=O) groups is 4. The van der Waals surface area contributed by atoms with Gasteiger partial charge in [0.1, 0.15) is 19.3 Å². The number of hydrogen-bond donors (Lipinski definition) is 3. The predicted molar refractivity (Wildman–Crippen MR) is 409 cm³/mol. The number of ether oxygens (including phenoxy) is 4. The predicted octanol–water partition coefficient (Wildman–Crippen LogP) is 24.3. The van der Waals surface area contributed by atoms with Crippen molar-refractivity contribution in [2.45, 2.75) is 445 Å². The standard InChI is InChI=1S/C81H158O17P2/c1-7-9-11-13-15-17-19-21-23-24-25-26-27-28-29-30-32-36-41-47-54-60-66-80(85)97-76(69-91-78(83)63-57-51-45-39-37-33-34-38-43-49-55-61-73(3)4)71-95-99(87,88)93-67-75(82)68-94-100(89,90)96-72-77(70-92-79(84)64-58-52-48-42-44-50-56-62-74(5)6)98-81(86)65-59-53-46-40-35-31-22-20-18-16-14-12-10-8-2/h73-77,82H,7-72H2,1-6H3,(H,87,88)(H,89,90)/t75-,76-,77-/m1/s1. The highest BCUT2D eigenvalue weighted by molar-refractivity contribution is 7.47. The molecule has 0 aromatic carbocycles. The zero-order valence-corrected chi connectivity index (χ0v) is 67.3. The van der Waals surface area contributed by atoms with Gasteiger partial charge in [-0.25, -0.2) is 9.13 Å². The molecular weight excluding hydrogens is 1310 g/mol. The van der Waals surface area contributed by atoms with Crippen molar-refractivity contribution >= 4 is 39.5 Å². The fourth-order valence-electron chi connectivity index (χ4n) is 12.5. The fourth-order valence-corrected chi connectivity index (χ4v) is 14.1. The smallest absolute Gasteiger partial charge is 0.462 e. The summed E-state index contributed by atoms with van der Waals surface area (Å²) in [6.45, 7) is 9.58. The highest BCUT2D eigenvalue weighted by Crippen LogP contribution is 2.45. The Labute approximate surface area is 613 Å². The first kappa shape index (κ1) is 98.1. The van der Waals surface area contributed by atoms with Crippen LogP contribution in [0.1, 0.15) is 427 Å². The molecule has 594 valence electrons. The third kappa shape index (κ3) is 74.3. The van der Waals surface area contributed by atoms with E-state index in [1.54, 1.807) is 0 Å². The number of esters is 4. The van der Waals surface area contributed by atoms with Crippen LogP contribution in [0.15, 0.2) is 0 Å². The van der Waals surface area contributed by atoms with Gasteiger partial charge in [0.05, 0.1) is 26.4 Å². The van der Waals surface area contributed by atoms with Crippen LogP contribution in [0.2, 0.25) is 0 Å². The van der Waals surface area contributed by atoms with Crippen molar-refractivity contribution in [1.29, 1.82) is 0 Å². The van der Waals surface area contributed by atoms with Crippen LogP contribution in [0.3, 0.4) is 0 Å². The van der Waals surface area contributed by atoms with Crippen molar-refractivity contribution in [2.24, 2.45) is 11.8 Å². The van der Waals surface area contributed by atoms with Gasteiger partial charge in [-0.3, -0.25) is 37.3 Å². The van der Waals surface area contributed by atoms with Gasteiger partial charge in [0.15, 0.2) is 12.2 Å². The average molecular weight is 1470 g/mol. The van der Waals surface area contributed by atoms with Gasteiger partial charge < -0.3 is 33.8 Å². The van der Waals surface area contributed by atoms with E-state index in [1.807, 2.05) is 0 Å². The Bertz CT molecular complexity index is 1920. The van der Waals surface area contributed by atoms with Crippen LogP contribution < -0.4 is 0 Å². The van der Waals surface area contributed by atoms with Gasteiger partial charge in [-0.2, -0.15) is 0 Å². The van der Waals surface area contributed by atoms with Gasteiger partial charge in [-0.05, 0) is 37.5 Å². The first-order chi connectivity index (χ1) is 48.4. The molecule has 100 heavy (non-hydrogen) atoms. The summed E-state index contributed by atoms with van der Waals surface area (Å²) in [5, 5.41) is 10.6. The van der Waals surface area contributed by atoms with Crippen molar-refractivity contribution in [1.82, 2.24) is 0 Å². The molecule has 19 heteroatoms. The molecule has 0 aliphatic heterocycles. The number of unbranched alkanes of at least 4 members (excludes halogenated alkanes) is 50. The van der Waals surface area contributed by atoms with Crippen LogP contribution in [-0.2, 0) is 65.4 Å². The van der Waals surface area contributed by atoms with E-state index < -0.39 is 97.5 Å². The number of aliphatic hydroxyl groups excluding tert-OH is 1. The van der Waals surface area contributed by atoms with E-state index in [0.717, 1.165) is 102 Å². The first-order valence-corrected chi connectivity index (χ1v) is 45.0. The van der Waals surface area contributed by atoms with Gasteiger partial charge in [0.25, 0.3) is 0 Å². The summed E-state index contributed by atoms with van der Waals surface area (Å²) in [6.07, 6.45) is 62.6. The van der Waals surface area contributed by atoms with E-state index in [1.165, 1.54) is 238 Å². The van der Waals surface area contributed by atoms with Crippen LogP contribution in [-0.4, -0.2) is 96.7 Å². The van der Waals surface area contributed by atoms with E-state index >= 15 is 0 Å². The molecule has 0 aromatic rings. The Morgan fingerprint density at radius 3 is 0.680 bits per heavy atom. The molecule has 0 aromatic heterocycles. The van der Waals surface area contributed by atoms with E-state index in [0.29, 0.717) is 31.6 Å². The van der Waals surface area contributed by atoms with E-state index in [-0.39, 0.29) is 25.7 Å². The molecular formula is C81H158O17P2. The molecule has 0 heterocycles. The summed E-state index contributed by atoms with van der Waals surface area (Å²) in [5.74, 6) is -0.634. The number of aliphatic hydroxyl groups is 1. The number of rotatable bonds is 80. The lowest BCUT2D eigenvalue weighted by molar-refractivity contribution is -0.161. The number of hydrogen-bond acceptors (Lipinski definition) is 15. The molecule has 0 aliphatic carbocycles. The highest BCUT2D eigenvalue weighted by Gasteiger charge is 2.30. The first-order valence-electron chi connectivity index (χ1n) is 42.0. The summed E-state index contributed by atoms with van der Waals surface area (Å²) in [5.41, 5.74) is 0. The molecule has 2 unspecified atom stereocenters. The second kappa shape index (κ2) is 72.6. The minimum absolute atomic E-state index is 0.107. The summed E-state index contributed by atoms with van der Waals surface area (Å²) in [7, 11) is -9.92. The Hall–Kier alpha value is -1.94. The second-order valence-electron chi connectivity index (χ2n) is 30.1. The maximum Gasteiger partial charge on any atom is 0.472 e. The van der Waals surface area contributed by atoms with Gasteiger partial charge in [-0.1, -0.05) is 375 Å². The lowest BCUT2D eigenvalue weighted by Crippen LogP contribution is -2.30. The van der Waals surface area contributed by atoms with E-state index in [2.05, 4.69) is 41.5 Å². The molecule has 0 radical (unpaired) electrons. The quantitative estimate of drug-likeness (QED) is 0.0222. The van der Waals surface area contributed by atoms with Crippen molar-refractivity contribution in [3.63, 3.8) is 0 Å². The molecule has 0 amide bonds. The molecule has 3 N–H and O–H groups in total. The van der Waals surface area contributed by atoms with E-state index in [4.69, 9.17) is 37.0 Å². The second-order valence-corrected chi connectivity index (χ2v) is 33.0. The van der Waals surface area contributed by atoms with Crippen LogP contribution in [0.5, 0.6) is 0 Å². The molecule has 0 spiro atoms. The average Bonchev–Trinajstić information content (AvgIpc) is 0.915. The van der Waals surface area contributed by atoms with Crippen molar-refractivity contribution in [2.75, 3.05) is 39.6 Å². The fraction of sp³-hybridized carbons (Fsp3) is 0.951. The third-order valence-electron chi connectivity index (χ3n) is 19.0. The number of carbonyl (C=O) groups excluding carboxylic acids is 4. The minimum atomic E-state index is -4.96. The van der Waals surface area contributed by atoms with Gasteiger partial charge in [0.2, 0.25) is 0 Å². The largest absolute Gasteiger partial charge is 0.472 e. The Morgan fingerprint density at radius 2 is 0.460 bits per heavy atom. The third-order valence-corrected chi connectivity index (χ3v) is 20.9. The van der Waals surface area contributed by atoms with Crippen LogP contribution >= 0.6 is 15.6 Å². The molecule has 0 saturated carbocycles. The molecule has 0 fully saturated rings. The zero-order valence-electron chi connectivity index (χ0n) is 65.5. The Balaban J connectivity index is 5.20. The summed E-state index contributed by atoms with van der Waals surface area (Å²) >= 11 is 0. The molecule has 17 nitrogen and oxygen atoms in total. The maximum absolute atomic E-state index is 13.1. The maximum atomic E-state index is 13.1. The molecule has 0 saturated heterocycles. The molecule has 0 rings (SSSR count). The monoisotopic (exact) mass is 1470 g/mol. The van der Waals surface area contributed by atoms with Crippen molar-refractivity contribution < 1.29 is 80.2 Å². The topological polar surface area (TPSA) is 237 Å². The number of phosphoric acid groups is 2. The van der Waals surface area contributed by atoms with E-state index in [9.17, 15) is 43.2 Å². The molecule has 0 bridgehead atoms. The van der Waals surface area contributed by atoms with Gasteiger partial charge in [-0.15, -0.1) is 0 Å². The van der Waals surface area contributed by atoms with Crippen molar-refractivity contribution in [3.8, 4) is 0 Å². The van der Waals surface area contributed by atoms with Crippen LogP contribution in [0.4, 0.5) is 0 Å².